The van der Waals surface area contributed by atoms with Crippen molar-refractivity contribution in [2.45, 2.75) is 50.3 Å². The summed E-state index contributed by atoms with van der Waals surface area (Å²) in [5.74, 6) is -0.0507. The van der Waals surface area contributed by atoms with Crippen LogP contribution in [0.5, 0.6) is 0 Å². The summed E-state index contributed by atoms with van der Waals surface area (Å²) in [6, 6.07) is 5.15. The average Bonchev–Trinajstić information content (AvgIpc) is 3.43. The van der Waals surface area contributed by atoms with Crippen LogP contribution in [0, 0.1) is 0 Å². The Kier molecular flexibility index (Phi) is 5.71. The molecule has 1 amide bonds. The number of carbonyl (C=O) groups excluding carboxylic acids is 1. The number of benzene rings is 1. The fraction of sp³-hybridized carbons (Fsp3) is 0.500. The minimum Gasteiger partial charge on any atom is -0.377 e. The number of aromatic nitrogens is 2. The highest BCUT2D eigenvalue weighted by molar-refractivity contribution is 7.89. The molecule has 1 aromatic heterocycles. The summed E-state index contributed by atoms with van der Waals surface area (Å²) < 4.78 is 35.1. The molecule has 1 unspecified atom stereocenters. The molecule has 8 nitrogen and oxygen atoms in total. The molecule has 1 fully saturated rings. The van der Waals surface area contributed by atoms with Crippen LogP contribution in [0.4, 0.5) is 0 Å². The summed E-state index contributed by atoms with van der Waals surface area (Å²) in [5, 5.41) is 4.17. The Hall–Kier alpha value is -2.23. The SMILES string of the molecule is CCn1cc(C(=O)N2CCc3cc(S(=O)(=O)NCC4CCCO4)ccc3C2)cn1. The third kappa shape index (κ3) is 4.36. The van der Waals surface area contributed by atoms with Crippen molar-refractivity contribution in [2.75, 3.05) is 19.7 Å². The van der Waals surface area contributed by atoms with Crippen LogP contribution in [-0.4, -0.2) is 54.8 Å². The fourth-order valence-corrected chi connectivity index (χ4v) is 4.91. The van der Waals surface area contributed by atoms with Crippen LogP contribution in [0.3, 0.4) is 0 Å². The van der Waals surface area contributed by atoms with Gasteiger partial charge in [-0.1, -0.05) is 6.07 Å². The van der Waals surface area contributed by atoms with Gasteiger partial charge in [-0.15, -0.1) is 0 Å². The van der Waals surface area contributed by atoms with E-state index in [0.717, 1.165) is 24.0 Å². The summed E-state index contributed by atoms with van der Waals surface area (Å²) in [6.07, 6.45) is 5.79. The van der Waals surface area contributed by atoms with E-state index in [4.69, 9.17) is 4.74 Å². The van der Waals surface area contributed by atoms with Gasteiger partial charge in [-0.25, -0.2) is 13.1 Å². The predicted molar refractivity (Wildman–Crippen MR) is 107 cm³/mol. The van der Waals surface area contributed by atoms with E-state index in [1.807, 2.05) is 13.0 Å². The molecule has 0 aliphatic carbocycles. The van der Waals surface area contributed by atoms with Crippen molar-refractivity contribution in [1.29, 1.82) is 0 Å². The van der Waals surface area contributed by atoms with E-state index in [9.17, 15) is 13.2 Å². The molecular weight excluding hydrogens is 392 g/mol. The van der Waals surface area contributed by atoms with Gasteiger partial charge in [-0.05, 0) is 49.4 Å². The zero-order chi connectivity index (χ0) is 20.4. The van der Waals surface area contributed by atoms with Gasteiger partial charge in [-0.2, -0.15) is 5.10 Å². The van der Waals surface area contributed by atoms with E-state index >= 15 is 0 Å². The lowest BCUT2D eigenvalue weighted by Crippen LogP contribution is -2.36. The predicted octanol–water partition coefficient (Wildman–Crippen LogP) is 1.56. The number of nitrogens with zero attached hydrogens (tertiary/aromatic N) is 3. The van der Waals surface area contributed by atoms with E-state index in [2.05, 4.69) is 9.82 Å². The Morgan fingerprint density at radius 2 is 2.21 bits per heavy atom. The van der Waals surface area contributed by atoms with Crippen LogP contribution in [0.1, 0.15) is 41.3 Å². The highest BCUT2D eigenvalue weighted by Gasteiger charge is 2.25. The normalized spacial score (nSPS) is 19.3. The van der Waals surface area contributed by atoms with Gasteiger partial charge in [0.2, 0.25) is 10.0 Å². The number of carbonyl (C=O) groups is 1. The Morgan fingerprint density at radius 1 is 1.34 bits per heavy atom. The maximum absolute atomic E-state index is 12.7. The smallest absolute Gasteiger partial charge is 0.257 e. The first-order valence-electron chi connectivity index (χ1n) is 10.0. The lowest BCUT2D eigenvalue weighted by Gasteiger charge is -2.29. The van der Waals surface area contributed by atoms with Crippen LogP contribution in [0.25, 0.3) is 0 Å². The molecule has 2 aliphatic rings. The lowest BCUT2D eigenvalue weighted by molar-refractivity contribution is 0.0734. The Labute approximate surface area is 170 Å². The maximum atomic E-state index is 12.7. The van der Waals surface area contributed by atoms with Crippen LogP contribution in [-0.2, 0) is 34.3 Å². The first-order chi connectivity index (χ1) is 14.0. The van der Waals surface area contributed by atoms with Crippen molar-refractivity contribution in [3.8, 4) is 0 Å². The zero-order valence-electron chi connectivity index (χ0n) is 16.5. The van der Waals surface area contributed by atoms with Gasteiger partial charge >= 0.3 is 0 Å². The number of hydrogen-bond donors (Lipinski definition) is 1. The van der Waals surface area contributed by atoms with Gasteiger partial charge < -0.3 is 9.64 Å². The number of hydrogen-bond acceptors (Lipinski definition) is 5. The average molecular weight is 419 g/mol. The molecule has 9 heteroatoms. The molecule has 1 N–H and O–H groups in total. The van der Waals surface area contributed by atoms with E-state index < -0.39 is 10.0 Å². The summed E-state index contributed by atoms with van der Waals surface area (Å²) in [5.41, 5.74) is 2.52. The second-order valence-electron chi connectivity index (χ2n) is 7.48. The molecule has 1 atom stereocenters. The maximum Gasteiger partial charge on any atom is 0.257 e. The second kappa shape index (κ2) is 8.25. The van der Waals surface area contributed by atoms with Crippen molar-refractivity contribution in [2.24, 2.45) is 0 Å². The number of nitrogens with one attached hydrogen (secondary N) is 1. The molecule has 0 bridgehead atoms. The number of ether oxygens (including phenoxy) is 1. The molecule has 2 aliphatic heterocycles. The van der Waals surface area contributed by atoms with E-state index in [1.54, 1.807) is 34.1 Å². The molecule has 1 aromatic carbocycles. The zero-order valence-corrected chi connectivity index (χ0v) is 17.3. The van der Waals surface area contributed by atoms with Gasteiger partial charge in [0.05, 0.1) is 22.8 Å². The molecule has 29 heavy (non-hydrogen) atoms. The van der Waals surface area contributed by atoms with Crippen LogP contribution in [0.2, 0.25) is 0 Å². The highest BCUT2D eigenvalue weighted by atomic mass is 32.2. The van der Waals surface area contributed by atoms with Crippen molar-refractivity contribution >= 4 is 15.9 Å². The number of fused-ring (bicyclic) bond motifs is 1. The lowest BCUT2D eigenvalue weighted by atomic mass is 9.99. The number of aryl methyl sites for hydroxylation is 1. The largest absolute Gasteiger partial charge is 0.377 e. The minimum absolute atomic E-state index is 0.0426. The van der Waals surface area contributed by atoms with E-state index in [0.29, 0.717) is 44.8 Å². The van der Waals surface area contributed by atoms with Gasteiger partial charge in [0.1, 0.15) is 0 Å². The monoisotopic (exact) mass is 418 g/mol. The molecule has 0 spiro atoms. The molecule has 4 rings (SSSR count). The molecule has 2 aromatic rings. The van der Waals surface area contributed by atoms with Crippen molar-refractivity contribution in [3.05, 3.63) is 47.3 Å². The first-order valence-corrected chi connectivity index (χ1v) is 11.5. The number of amides is 1. The van der Waals surface area contributed by atoms with Gasteiger partial charge in [0, 0.05) is 39.0 Å². The number of sulfonamides is 1. The molecule has 0 radical (unpaired) electrons. The fourth-order valence-electron chi connectivity index (χ4n) is 3.79. The van der Waals surface area contributed by atoms with Gasteiger partial charge in [0.25, 0.3) is 5.91 Å². The first kappa shape index (κ1) is 20.1. The topological polar surface area (TPSA) is 93.5 Å². The van der Waals surface area contributed by atoms with Crippen molar-refractivity contribution in [1.82, 2.24) is 19.4 Å². The van der Waals surface area contributed by atoms with E-state index in [-0.39, 0.29) is 16.9 Å². The Balaban J connectivity index is 1.44. The van der Waals surface area contributed by atoms with Crippen molar-refractivity contribution in [3.63, 3.8) is 0 Å². The van der Waals surface area contributed by atoms with E-state index in [1.165, 1.54) is 0 Å². The molecule has 0 saturated carbocycles. The van der Waals surface area contributed by atoms with Crippen LogP contribution < -0.4 is 4.72 Å². The molecule has 1 saturated heterocycles. The quantitative estimate of drug-likeness (QED) is 0.768. The van der Waals surface area contributed by atoms with Crippen LogP contribution in [0.15, 0.2) is 35.5 Å². The van der Waals surface area contributed by atoms with Crippen molar-refractivity contribution < 1.29 is 17.9 Å². The minimum atomic E-state index is -3.58. The Bertz CT molecular complexity index is 996. The Morgan fingerprint density at radius 3 is 2.93 bits per heavy atom. The molecule has 156 valence electrons. The second-order valence-corrected chi connectivity index (χ2v) is 9.25. The van der Waals surface area contributed by atoms with Crippen LogP contribution >= 0.6 is 0 Å². The van der Waals surface area contributed by atoms with Gasteiger partial charge in [-0.3, -0.25) is 9.48 Å². The molecular formula is C20H26N4O4S. The third-order valence-corrected chi connectivity index (χ3v) is 6.94. The summed E-state index contributed by atoms with van der Waals surface area (Å²) in [6.45, 7) is 4.70. The molecule has 3 heterocycles. The summed E-state index contributed by atoms with van der Waals surface area (Å²) >= 11 is 0. The number of rotatable bonds is 6. The van der Waals surface area contributed by atoms with Gasteiger partial charge in [0.15, 0.2) is 0 Å². The summed E-state index contributed by atoms with van der Waals surface area (Å²) in [7, 11) is -3.58. The third-order valence-electron chi connectivity index (χ3n) is 5.52. The highest BCUT2D eigenvalue weighted by Crippen LogP contribution is 2.24. The standard InChI is InChI=1S/C20H26N4O4S/c1-2-24-14-17(11-21-24)20(25)23-8-7-15-10-19(6-5-16(15)13-23)29(26,27)22-12-18-4-3-9-28-18/h5-6,10-11,14,18,22H,2-4,7-9,12-13H2,1H3. The summed E-state index contributed by atoms with van der Waals surface area (Å²) in [4.78, 5) is 14.8.